The Balaban J connectivity index is 0.000000606. The van der Waals surface area contributed by atoms with Crippen molar-refractivity contribution in [3.8, 4) is 5.75 Å². The first-order valence-electron chi connectivity index (χ1n) is 10.6. The van der Waals surface area contributed by atoms with Crippen molar-refractivity contribution in [3.05, 3.63) is 53.6 Å². The van der Waals surface area contributed by atoms with Crippen LogP contribution in [0.2, 0.25) is 5.02 Å². The highest BCUT2D eigenvalue weighted by Crippen LogP contribution is 2.25. The van der Waals surface area contributed by atoms with Crippen LogP contribution in [0.15, 0.2) is 48.6 Å². The second kappa shape index (κ2) is 18.3. The molecule has 1 aromatic rings. The Morgan fingerprint density at radius 2 is 2.00 bits per heavy atom. The molecule has 2 N–H and O–H groups in total. The normalized spacial score (nSPS) is 14.8. The molecule has 5 heteroatoms. The van der Waals surface area contributed by atoms with Crippen molar-refractivity contribution in [1.29, 1.82) is 0 Å². The molecule has 0 aliphatic heterocycles. The summed E-state index contributed by atoms with van der Waals surface area (Å²) in [5, 5.41) is 18.6. The number of halogens is 1. The van der Waals surface area contributed by atoms with E-state index in [4.69, 9.17) is 21.4 Å². The monoisotopic (exact) mass is 424 g/mol. The summed E-state index contributed by atoms with van der Waals surface area (Å²) in [7, 11) is 0. The molecule has 1 fully saturated rings. The van der Waals surface area contributed by atoms with Crippen LogP contribution in [-0.4, -0.2) is 28.9 Å². The minimum Gasteiger partial charge on any atom is -0.491 e. The molecule has 1 aliphatic rings. The topological polar surface area (TPSA) is 66.8 Å². The molecule has 1 aromatic carbocycles. The fourth-order valence-electron chi connectivity index (χ4n) is 2.77. The van der Waals surface area contributed by atoms with Gasteiger partial charge in [0.25, 0.3) is 0 Å². The Morgan fingerprint density at radius 3 is 2.59 bits per heavy atom. The molecule has 0 spiro atoms. The lowest BCUT2D eigenvalue weighted by Gasteiger charge is -2.10. The number of ether oxygens (including phenoxy) is 1. The van der Waals surface area contributed by atoms with E-state index in [1.165, 1.54) is 25.7 Å². The van der Waals surface area contributed by atoms with Gasteiger partial charge in [-0.1, -0.05) is 68.7 Å². The molecule has 1 atom stereocenters. The van der Waals surface area contributed by atoms with Crippen LogP contribution in [0.25, 0.3) is 0 Å². The van der Waals surface area contributed by atoms with E-state index in [-0.39, 0.29) is 13.0 Å². The van der Waals surface area contributed by atoms with Crippen LogP contribution in [0.3, 0.4) is 0 Å². The summed E-state index contributed by atoms with van der Waals surface area (Å²) in [5.41, 5.74) is 0. The Labute approximate surface area is 181 Å². The summed E-state index contributed by atoms with van der Waals surface area (Å²) in [6.07, 6.45) is 14.4. The summed E-state index contributed by atoms with van der Waals surface area (Å²) in [6.45, 7) is 6.20. The zero-order chi connectivity index (χ0) is 21.9. The second-order valence-electron chi connectivity index (χ2n) is 6.62. The molecular formula is C24H37ClO4. The summed E-state index contributed by atoms with van der Waals surface area (Å²) in [4.78, 5) is 9.94. The predicted molar refractivity (Wildman–Crippen MR) is 122 cm³/mol. The molecule has 0 amide bonds. The average molecular weight is 425 g/mol. The van der Waals surface area contributed by atoms with Gasteiger partial charge in [0.1, 0.15) is 18.5 Å². The molecule has 0 saturated heterocycles. The van der Waals surface area contributed by atoms with Gasteiger partial charge < -0.3 is 14.9 Å². The maximum absolute atomic E-state index is 9.94. The van der Waals surface area contributed by atoms with Crippen LogP contribution < -0.4 is 4.74 Å². The number of hydrogen-bond donors (Lipinski definition) is 2. The molecular weight excluding hydrogens is 388 g/mol. The summed E-state index contributed by atoms with van der Waals surface area (Å²) in [5.74, 6) is 0.626. The molecule has 1 aliphatic carbocycles. The van der Waals surface area contributed by atoms with E-state index in [9.17, 15) is 9.90 Å². The fraction of sp³-hybridized carbons (Fsp3) is 0.542. The Bertz CT molecular complexity index is 592. The van der Waals surface area contributed by atoms with Crippen LogP contribution in [0.1, 0.15) is 65.7 Å². The summed E-state index contributed by atoms with van der Waals surface area (Å²) >= 11 is 5.85. The van der Waals surface area contributed by atoms with Gasteiger partial charge in [0.05, 0.1) is 0 Å². The molecule has 0 heterocycles. The molecule has 0 bridgehead atoms. The third-order valence-corrected chi connectivity index (χ3v) is 4.45. The standard InChI is InChI=1S/C15H19ClO2.C7H12O2.C2H6/c16-13-6-3-7-15(10-13)18-11-14(17)9-8-12-4-1-2-5-12;1-2-3-4-5-6-7(8)9;1-2/h3,6-10,12,14,17H,1-2,4-5,11H2;2-3H,4-6H2,1H3,(H,8,9);1-2H3/b9-8+;3-2-;. The first-order chi connectivity index (χ1) is 14.0. The summed E-state index contributed by atoms with van der Waals surface area (Å²) in [6, 6.07) is 7.21. The van der Waals surface area contributed by atoms with E-state index in [1.54, 1.807) is 12.1 Å². The van der Waals surface area contributed by atoms with E-state index in [0.29, 0.717) is 16.7 Å². The number of aliphatic hydroxyl groups is 1. The van der Waals surface area contributed by atoms with Crippen molar-refractivity contribution < 1.29 is 19.7 Å². The highest BCUT2D eigenvalue weighted by molar-refractivity contribution is 6.30. The van der Waals surface area contributed by atoms with E-state index in [1.807, 2.05) is 51.1 Å². The van der Waals surface area contributed by atoms with Gasteiger partial charge in [-0.2, -0.15) is 0 Å². The van der Waals surface area contributed by atoms with Gasteiger partial charge in [-0.15, -0.1) is 0 Å². The minimum atomic E-state index is -0.709. The Hall–Kier alpha value is -1.78. The van der Waals surface area contributed by atoms with Gasteiger partial charge >= 0.3 is 5.97 Å². The maximum atomic E-state index is 9.94. The average Bonchev–Trinajstić information content (AvgIpc) is 3.24. The van der Waals surface area contributed by atoms with Gasteiger partial charge in [0, 0.05) is 11.4 Å². The Morgan fingerprint density at radius 1 is 1.31 bits per heavy atom. The minimum absolute atomic E-state index is 0.267. The van der Waals surface area contributed by atoms with Crippen molar-refractivity contribution in [3.63, 3.8) is 0 Å². The van der Waals surface area contributed by atoms with E-state index in [0.717, 1.165) is 12.8 Å². The van der Waals surface area contributed by atoms with Crippen molar-refractivity contribution in [1.82, 2.24) is 0 Å². The largest absolute Gasteiger partial charge is 0.491 e. The van der Waals surface area contributed by atoms with Crippen LogP contribution in [0.5, 0.6) is 5.75 Å². The number of aliphatic hydroxyl groups excluding tert-OH is 1. The number of benzene rings is 1. The third-order valence-electron chi connectivity index (χ3n) is 4.22. The number of rotatable bonds is 9. The molecule has 164 valence electrons. The van der Waals surface area contributed by atoms with Gasteiger partial charge in [0.15, 0.2) is 0 Å². The van der Waals surface area contributed by atoms with Crippen molar-refractivity contribution in [2.45, 2.75) is 71.8 Å². The predicted octanol–water partition coefficient (Wildman–Crippen LogP) is 6.67. The number of unbranched alkanes of at least 4 members (excludes halogenated alkanes) is 1. The second-order valence-corrected chi connectivity index (χ2v) is 7.06. The van der Waals surface area contributed by atoms with Crippen LogP contribution in [0.4, 0.5) is 0 Å². The zero-order valence-electron chi connectivity index (χ0n) is 18.0. The fourth-order valence-corrected chi connectivity index (χ4v) is 2.95. The smallest absolute Gasteiger partial charge is 0.303 e. The van der Waals surface area contributed by atoms with Gasteiger partial charge in [-0.3, -0.25) is 4.79 Å². The molecule has 29 heavy (non-hydrogen) atoms. The Kier molecular flexibility index (Phi) is 17.1. The van der Waals surface area contributed by atoms with Crippen molar-refractivity contribution in [2.24, 2.45) is 5.92 Å². The van der Waals surface area contributed by atoms with Crippen LogP contribution >= 0.6 is 11.6 Å². The molecule has 2 rings (SSSR count). The molecule has 1 unspecified atom stereocenters. The van der Waals surface area contributed by atoms with E-state index in [2.05, 4.69) is 6.08 Å². The number of hydrogen-bond acceptors (Lipinski definition) is 3. The first kappa shape index (κ1) is 27.2. The maximum Gasteiger partial charge on any atom is 0.303 e. The number of carboxylic acids is 1. The number of aliphatic carboxylic acids is 1. The quantitative estimate of drug-likeness (QED) is 0.343. The summed E-state index contributed by atoms with van der Waals surface area (Å²) < 4.78 is 5.48. The van der Waals surface area contributed by atoms with Crippen LogP contribution in [-0.2, 0) is 4.79 Å². The lowest BCUT2D eigenvalue weighted by atomic mass is 10.1. The first-order valence-corrected chi connectivity index (χ1v) is 11.0. The lowest BCUT2D eigenvalue weighted by molar-refractivity contribution is -0.137. The number of allylic oxidation sites excluding steroid dienone is 3. The molecule has 1 saturated carbocycles. The molecule has 0 aromatic heterocycles. The van der Waals surface area contributed by atoms with Gasteiger partial charge in [-0.05, 0) is 56.7 Å². The number of carboxylic acid groups (broad SMARTS) is 1. The molecule has 4 nitrogen and oxygen atoms in total. The van der Waals surface area contributed by atoms with Crippen LogP contribution in [0, 0.1) is 5.92 Å². The SMILES string of the molecule is C/C=C\CCCC(=O)O.CC.OC(/C=C/C1CCCC1)COc1cccc(Cl)c1. The highest BCUT2D eigenvalue weighted by Gasteiger charge is 2.12. The van der Waals surface area contributed by atoms with E-state index < -0.39 is 12.1 Å². The lowest BCUT2D eigenvalue weighted by Crippen LogP contribution is -2.15. The van der Waals surface area contributed by atoms with Gasteiger partial charge in [0.2, 0.25) is 0 Å². The third kappa shape index (κ3) is 15.8. The van der Waals surface area contributed by atoms with E-state index >= 15 is 0 Å². The molecule has 0 radical (unpaired) electrons. The van der Waals surface area contributed by atoms with Crippen molar-refractivity contribution >= 4 is 17.6 Å². The zero-order valence-corrected chi connectivity index (χ0v) is 18.8. The van der Waals surface area contributed by atoms with Gasteiger partial charge in [-0.25, -0.2) is 0 Å². The van der Waals surface area contributed by atoms with Crippen molar-refractivity contribution in [2.75, 3.05) is 6.61 Å². The number of carbonyl (C=O) groups is 1. The highest BCUT2D eigenvalue weighted by atomic mass is 35.5.